The highest BCUT2D eigenvalue weighted by Gasteiger charge is 2.26. The van der Waals surface area contributed by atoms with Crippen LogP contribution in [0.4, 0.5) is 0 Å². The predicted octanol–water partition coefficient (Wildman–Crippen LogP) is 3.94. The van der Waals surface area contributed by atoms with Gasteiger partial charge in [0.15, 0.2) is 0 Å². The average molecular weight is 447 g/mol. The molecule has 0 unspecified atom stereocenters. The number of halogens is 1. The van der Waals surface area contributed by atoms with Gasteiger partial charge in [0.25, 0.3) is 0 Å². The fourth-order valence-corrected chi connectivity index (χ4v) is 3.05. The minimum Gasteiger partial charge on any atom is -0.497 e. The topological polar surface area (TPSA) is 58.6 Å². The van der Waals surface area contributed by atoms with E-state index in [0.717, 1.165) is 27.8 Å². The van der Waals surface area contributed by atoms with Gasteiger partial charge in [0.1, 0.15) is 11.8 Å². The zero-order valence-corrected chi connectivity index (χ0v) is 18.2. The number of carbonyl (C=O) groups is 2. The molecule has 0 bridgehead atoms. The molecule has 6 heteroatoms. The number of carbonyl (C=O) groups excluding carboxylic acids is 2. The van der Waals surface area contributed by atoms with Crippen LogP contribution in [0, 0.1) is 0 Å². The summed E-state index contributed by atoms with van der Waals surface area (Å²) in [4.78, 5) is 27.2. The van der Waals surface area contributed by atoms with Gasteiger partial charge >= 0.3 is 0 Å². The van der Waals surface area contributed by atoms with Crippen LogP contribution in [-0.4, -0.2) is 36.4 Å². The lowest BCUT2D eigenvalue weighted by atomic mass is 10.1. The number of amides is 2. The molecule has 0 radical (unpaired) electrons. The first kappa shape index (κ1) is 22.0. The van der Waals surface area contributed by atoms with Crippen molar-refractivity contribution < 1.29 is 14.3 Å². The van der Waals surface area contributed by atoms with E-state index in [1.54, 1.807) is 18.9 Å². The molecule has 1 N–H and O–H groups in total. The third-order valence-electron chi connectivity index (χ3n) is 4.50. The molecule has 0 fully saturated rings. The Hall–Kier alpha value is -2.34. The maximum Gasteiger partial charge on any atom is 0.242 e. The standard InChI is InChI=1S/C22H27BrN2O3/c1-4-13-24-22(27)16(2)25(15-18-5-9-19(23)10-6-18)21(26)14-17-7-11-20(28-3)12-8-17/h5-12,16H,4,13-15H2,1-3H3,(H,24,27)/t16-/m0/s1. The van der Waals surface area contributed by atoms with Gasteiger partial charge in [-0.3, -0.25) is 9.59 Å². The molecule has 150 valence electrons. The van der Waals surface area contributed by atoms with Gasteiger partial charge in [-0.1, -0.05) is 47.1 Å². The average Bonchev–Trinajstić information content (AvgIpc) is 2.71. The molecule has 2 aromatic rings. The van der Waals surface area contributed by atoms with E-state index in [2.05, 4.69) is 21.2 Å². The van der Waals surface area contributed by atoms with Crippen LogP contribution < -0.4 is 10.1 Å². The Bertz CT molecular complexity index is 775. The largest absolute Gasteiger partial charge is 0.497 e. The van der Waals surface area contributed by atoms with Gasteiger partial charge in [-0.05, 0) is 48.7 Å². The summed E-state index contributed by atoms with van der Waals surface area (Å²) in [6, 6.07) is 14.6. The second-order valence-electron chi connectivity index (χ2n) is 6.64. The van der Waals surface area contributed by atoms with Crippen LogP contribution in [0.2, 0.25) is 0 Å². The van der Waals surface area contributed by atoms with Gasteiger partial charge in [-0.2, -0.15) is 0 Å². The van der Waals surface area contributed by atoms with Gasteiger partial charge in [-0.25, -0.2) is 0 Å². The molecule has 0 aromatic heterocycles. The SMILES string of the molecule is CCCNC(=O)[C@H](C)N(Cc1ccc(Br)cc1)C(=O)Cc1ccc(OC)cc1. The molecule has 2 aromatic carbocycles. The fraction of sp³-hybridized carbons (Fsp3) is 0.364. The number of rotatable bonds is 9. The first-order chi connectivity index (χ1) is 13.4. The number of hydrogen-bond donors (Lipinski definition) is 1. The van der Waals surface area contributed by atoms with Gasteiger partial charge < -0.3 is 15.0 Å². The summed E-state index contributed by atoms with van der Waals surface area (Å²) in [6.45, 7) is 4.75. The molecule has 0 spiro atoms. The number of nitrogens with zero attached hydrogens (tertiary/aromatic N) is 1. The van der Waals surface area contributed by atoms with Crippen molar-refractivity contribution in [2.24, 2.45) is 0 Å². The molecule has 5 nitrogen and oxygen atoms in total. The third kappa shape index (κ3) is 6.37. The van der Waals surface area contributed by atoms with Crippen molar-refractivity contribution in [1.29, 1.82) is 0 Å². The van der Waals surface area contributed by atoms with Crippen molar-refractivity contribution in [3.05, 3.63) is 64.1 Å². The summed E-state index contributed by atoms with van der Waals surface area (Å²) in [7, 11) is 1.61. The lowest BCUT2D eigenvalue weighted by molar-refractivity contribution is -0.140. The lowest BCUT2D eigenvalue weighted by Crippen LogP contribution is -2.48. The number of methoxy groups -OCH3 is 1. The molecule has 0 aliphatic rings. The van der Waals surface area contributed by atoms with Crippen molar-refractivity contribution in [2.45, 2.75) is 39.3 Å². The maximum absolute atomic E-state index is 13.1. The molecule has 0 saturated heterocycles. The van der Waals surface area contributed by atoms with Crippen LogP contribution in [0.25, 0.3) is 0 Å². The number of benzene rings is 2. The van der Waals surface area contributed by atoms with E-state index < -0.39 is 6.04 Å². The Morgan fingerprint density at radius 2 is 1.68 bits per heavy atom. The second kappa shape index (κ2) is 10.9. The van der Waals surface area contributed by atoms with Crippen LogP contribution in [0.15, 0.2) is 53.0 Å². The fourth-order valence-electron chi connectivity index (χ4n) is 2.78. The highest BCUT2D eigenvalue weighted by molar-refractivity contribution is 9.10. The van der Waals surface area contributed by atoms with Crippen LogP contribution in [0.1, 0.15) is 31.4 Å². The van der Waals surface area contributed by atoms with Gasteiger partial charge in [0, 0.05) is 17.6 Å². The molecule has 0 aliphatic heterocycles. The number of nitrogens with one attached hydrogen (secondary N) is 1. The maximum atomic E-state index is 13.1. The summed E-state index contributed by atoms with van der Waals surface area (Å²) < 4.78 is 6.14. The van der Waals surface area contributed by atoms with E-state index >= 15 is 0 Å². The Morgan fingerprint density at radius 1 is 1.07 bits per heavy atom. The van der Waals surface area contributed by atoms with Crippen LogP contribution in [-0.2, 0) is 22.6 Å². The molecular formula is C22H27BrN2O3. The molecule has 0 aliphatic carbocycles. The van der Waals surface area contributed by atoms with E-state index in [0.29, 0.717) is 13.1 Å². The van der Waals surface area contributed by atoms with Crippen LogP contribution >= 0.6 is 15.9 Å². The van der Waals surface area contributed by atoms with E-state index in [4.69, 9.17) is 4.74 Å². The summed E-state index contributed by atoms with van der Waals surface area (Å²) >= 11 is 3.42. The molecule has 28 heavy (non-hydrogen) atoms. The minimum atomic E-state index is -0.555. The van der Waals surface area contributed by atoms with Crippen molar-refractivity contribution >= 4 is 27.7 Å². The summed E-state index contributed by atoms with van der Waals surface area (Å²) in [5.74, 6) is 0.518. The summed E-state index contributed by atoms with van der Waals surface area (Å²) in [6.07, 6.45) is 1.08. The second-order valence-corrected chi connectivity index (χ2v) is 7.56. The van der Waals surface area contributed by atoms with Crippen molar-refractivity contribution in [3.63, 3.8) is 0 Å². The van der Waals surface area contributed by atoms with Gasteiger partial charge in [-0.15, -0.1) is 0 Å². The normalized spacial score (nSPS) is 11.6. The van der Waals surface area contributed by atoms with Crippen LogP contribution in [0.5, 0.6) is 5.75 Å². The Kier molecular flexibility index (Phi) is 8.51. The Morgan fingerprint density at radius 3 is 2.25 bits per heavy atom. The number of hydrogen-bond acceptors (Lipinski definition) is 3. The van der Waals surface area contributed by atoms with Gasteiger partial charge in [0.2, 0.25) is 11.8 Å². The van der Waals surface area contributed by atoms with Crippen LogP contribution in [0.3, 0.4) is 0 Å². The summed E-state index contributed by atoms with van der Waals surface area (Å²) in [5.41, 5.74) is 1.86. The third-order valence-corrected chi connectivity index (χ3v) is 5.03. The molecule has 1 atom stereocenters. The highest BCUT2D eigenvalue weighted by Crippen LogP contribution is 2.17. The van der Waals surface area contributed by atoms with Crippen molar-refractivity contribution in [2.75, 3.05) is 13.7 Å². The zero-order valence-electron chi connectivity index (χ0n) is 16.6. The van der Waals surface area contributed by atoms with Crippen molar-refractivity contribution in [1.82, 2.24) is 10.2 Å². The Labute approximate surface area is 175 Å². The zero-order chi connectivity index (χ0) is 20.5. The van der Waals surface area contributed by atoms with Gasteiger partial charge in [0.05, 0.1) is 13.5 Å². The predicted molar refractivity (Wildman–Crippen MR) is 114 cm³/mol. The molecule has 2 rings (SSSR count). The molecule has 0 heterocycles. The van der Waals surface area contributed by atoms with E-state index in [-0.39, 0.29) is 18.2 Å². The molecule has 0 saturated carbocycles. The molecule has 2 amide bonds. The Balaban J connectivity index is 2.18. The quantitative estimate of drug-likeness (QED) is 0.634. The lowest BCUT2D eigenvalue weighted by Gasteiger charge is -2.29. The van der Waals surface area contributed by atoms with E-state index in [1.165, 1.54) is 0 Å². The smallest absolute Gasteiger partial charge is 0.242 e. The van der Waals surface area contributed by atoms with E-state index in [1.807, 2.05) is 55.5 Å². The first-order valence-corrected chi connectivity index (χ1v) is 10.2. The monoisotopic (exact) mass is 446 g/mol. The minimum absolute atomic E-state index is 0.0905. The number of ether oxygens (including phenoxy) is 1. The first-order valence-electron chi connectivity index (χ1n) is 9.39. The molecular weight excluding hydrogens is 420 g/mol. The van der Waals surface area contributed by atoms with E-state index in [9.17, 15) is 9.59 Å². The summed E-state index contributed by atoms with van der Waals surface area (Å²) in [5, 5.41) is 2.88. The van der Waals surface area contributed by atoms with Crippen molar-refractivity contribution in [3.8, 4) is 5.75 Å². The highest BCUT2D eigenvalue weighted by atomic mass is 79.9.